The van der Waals surface area contributed by atoms with Crippen LogP contribution in [-0.2, 0) is 0 Å². The fourth-order valence-corrected chi connectivity index (χ4v) is 6.57. The standard InChI is InChI=1S/C33H31F3N4O4/c1-4-20-23(34)9-16(2)21-10-19(42)11-22(24(20)21)25-27(35)29-26(30(43-3)28(25)36)31(40-12-17-5-6-18(13-40)37-17)39-32(38-29)44-15-33(14-41)7-8-33/h1,5,10-11,16,18,37,41-42H,6-9,12-15H2,2-3H3. The number of aliphatic hydroxyl groups is 1. The first-order valence-electron chi connectivity index (χ1n) is 14.6. The molecule has 0 radical (unpaired) electrons. The second-order valence-electron chi connectivity index (χ2n) is 12.2. The quantitative estimate of drug-likeness (QED) is 0.312. The van der Waals surface area contributed by atoms with Crippen LogP contribution in [0.25, 0.3) is 27.6 Å². The Kier molecular flexibility index (Phi) is 6.66. The summed E-state index contributed by atoms with van der Waals surface area (Å²) in [6.45, 7) is 2.74. The SMILES string of the molecule is C#CC1=C(F)CC(C)c2cc(O)cc(-c3c(F)c(OC)c4c(N5CC6=CCC(C5)N6)nc(OCC5(CO)CC5)nc4c3F)c21. The number of ether oxygens (including phenoxy) is 2. The van der Waals surface area contributed by atoms with E-state index in [0.29, 0.717) is 18.7 Å². The van der Waals surface area contributed by atoms with E-state index < -0.39 is 34.4 Å². The maximum atomic E-state index is 16.9. The Labute approximate surface area is 252 Å². The highest BCUT2D eigenvalue weighted by atomic mass is 19.1. The van der Waals surface area contributed by atoms with Crippen molar-refractivity contribution in [2.45, 2.75) is 44.6 Å². The van der Waals surface area contributed by atoms with Gasteiger partial charge in [0, 0.05) is 41.2 Å². The average Bonchev–Trinajstić information content (AvgIpc) is 3.72. The van der Waals surface area contributed by atoms with Gasteiger partial charge in [-0.25, -0.2) is 13.2 Å². The largest absolute Gasteiger partial charge is 0.508 e. The van der Waals surface area contributed by atoms with Gasteiger partial charge in [0.15, 0.2) is 17.4 Å². The number of nitrogens with one attached hydrogen (secondary N) is 1. The summed E-state index contributed by atoms with van der Waals surface area (Å²) in [5.41, 5.74) is 0.111. The minimum atomic E-state index is -1.06. The van der Waals surface area contributed by atoms with Crippen LogP contribution in [0.2, 0.25) is 0 Å². The molecule has 2 bridgehead atoms. The number of nitrogens with zero attached hydrogens (tertiary/aromatic N) is 3. The van der Waals surface area contributed by atoms with Gasteiger partial charge < -0.3 is 29.9 Å². The summed E-state index contributed by atoms with van der Waals surface area (Å²) >= 11 is 0. The number of phenols is 1. The van der Waals surface area contributed by atoms with Gasteiger partial charge in [0.2, 0.25) is 0 Å². The Balaban J connectivity index is 1.49. The fraction of sp³-hybridized carbons (Fsp3) is 0.394. The number of aliphatic hydroxyl groups excluding tert-OH is 1. The zero-order chi connectivity index (χ0) is 30.9. The molecule has 3 N–H and O–H groups in total. The number of fused-ring (bicyclic) bond motifs is 4. The Morgan fingerprint density at radius 1 is 1.18 bits per heavy atom. The molecule has 4 aliphatic rings. The summed E-state index contributed by atoms with van der Waals surface area (Å²) in [5.74, 6) is -1.08. The van der Waals surface area contributed by atoms with Crippen molar-refractivity contribution < 1.29 is 32.9 Å². The summed E-state index contributed by atoms with van der Waals surface area (Å²) in [6.07, 6.45) is 10.1. The zero-order valence-electron chi connectivity index (χ0n) is 24.3. The van der Waals surface area contributed by atoms with Gasteiger partial charge in [0.1, 0.15) is 22.9 Å². The Morgan fingerprint density at radius 2 is 1.98 bits per heavy atom. The normalized spacial score (nSPS) is 21.5. The molecule has 2 aliphatic carbocycles. The van der Waals surface area contributed by atoms with E-state index in [9.17, 15) is 10.2 Å². The molecule has 2 atom stereocenters. The van der Waals surface area contributed by atoms with E-state index in [1.165, 1.54) is 19.2 Å². The number of rotatable bonds is 7. The van der Waals surface area contributed by atoms with Gasteiger partial charge in [0.25, 0.3) is 0 Å². The molecule has 8 nitrogen and oxygen atoms in total. The van der Waals surface area contributed by atoms with Gasteiger partial charge in [0.05, 0.1) is 43.4 Å². The lowest BCUT2D eigenvalue weighted by Gasteiger charge is -2.33. The highest BCUT2D eigenvalue weighted by Crippen LogP contribution is 2.50. The first-order chi connectivity index (χ1) is 21.2. The summed E-state index contributed by atoms with van der Waals surface area (Å²) in [6, 6.07) is 2.58. The lowest BCUT2D eigenvalue weighted by atomic mass is 9.79. The molecule has 1 saturated carbocycles. The number of piperazine rings is 1. The van der Waals surface area contributed by atoms with Crippen molar-refractivity contribution in [2.75, 3.05) is 38.3 Å². The van der Waals surface area contributed by atoms with Gasteiger partial charge >= 0.3 is 6.01 Å². The molecule has 7 rings (SSSR count). The molecule has 3 aromatic rings. The number of aromatic nitrogens is 2. The van der Waals surface area contributed by atoms with E-state index in [4.69, 9.17) is 15.9 Å². The summed E-state index contributed by atoms with van der Waals surface area (Å²) in [7, 11) is 1.27. The lowest BCUT2D eigenvalue weighted by molar-refractivity contribution is 0.140. The first kappa shape index (κ1) is 28.3. The molecule has 0 spiro atoms. The van der Waals surface area contributed by atoms with E-state index in [1.54, 1.807) is 6.92 Å². The molecule has 2 aliphatic heterocycles. The van der Waals surface area contributed by atoms with E-state index >= 15 is 13.2 Å². The molecule has 2 aromatic carbocycles. The van der Waals surface area contributed by atoms with Gasteiger partial charge in [-0.15, -0.1) is 6.42 Å². The van der Waals surface area contributed by atoms with Gasteiger partial charge in [-0.3, -0.25) is 0 Å². The van der Waals surface area contributed by atoms with E-state index in [2.05, 4.69) is 27.3 Å². The smallest absolute Gasteiger partial charge is 0.319 e. The number of phenolic OH excluding ortho intramolecular Hbond substituents is 1. The number of terminal acetylenes is 1. The second kappa shape index (κ2) is 10.3. The molecule has 1 saturated heterocycles. The predicted molar refractivity (Wildman–Crippen MR) is 159 cm³/mol. The third-order valence-electron chi connectivity index (χ3n) is 9.19. The van der Waals surface area contributed by atoms with Gasteiger partial charge in [-0.1, -0.05) is 18.9 Å². The van der Waals surface area contributed by atoms with Crippen LogP contribution in [0.3, 0.4) is 0 Å². The second-order valence-corrected chi connectivity index (χ2v) is 12.2. The van der Waals surface area contributed by atoms with E-state index in [1.807, 2.05) is 4.90 Å². The van der Waals surface area contributed by atoms with Crippen molar-refractivity contribution in [1.82, 2.24) is 15.3 Å². The van der Waals surface area contributed by atoms with Crippen molar-refractivity contribution in [3.05, 3.63) is 52.5 Å². The van der Waals surface area contributed by atoms with Crippen LogP contribution in [0, 0.1) is 29.4 Å². The monoisotopic (exact) mass is 604 g/mol. The maximum absolute atomic E-state index is 16.9. The fourth-order valence-electron chi connectivity index (χ4n) is 6.57. The molecule has 3 heterocycles. The highest BCUT2D eigenvalue weighted by molar-refractivity contribution is 6.01. The minimum absolute atomic E-state index is 0.00380. The van der Waals surface area contributed by atoms with Crippen molar-refractivity contribution in [1.29, 1.82) is 0 Å². The molecule has 228 valence electrons. The van der Waals surface area contributed by atoms with Crippen molar-refractivity contribution in [2.24, 2.45) is 5.41 Å². The Morgan fingerprint density at radius 3 is 2.66 bits per heavy atom. The van der Waals surface area contributed by atoms with Crippen LogP contribution in [-0.4, -0.2) is 59.6 Å². The Hall–Kier alpha value is -4.43. The lowest BCUT2D eigenvalue weighted by Crippen LogP contribution is -2.46. The van der Waals surface area contributed by atoms with Crippen molar-refractivity contribution in [3.63, 3.8) is 0 Å². The van der Waals surface area contributed by atoms with Crippen molar-refractivity contribution >= 4 is 22.3 Å². The van der Waals surface area contributed by atoms with Crippen LogP contribution < -0.4 is 19.7 Å². The van der Waals surface area contributed by atoms with Gasteiger partial charge in [-0.05, 0) is 42.9 Å². The molecule has 2 fully saturated rings. The molecule has 44 heavy (non-hydrogen) atoms. The summed E-state index contributed by atoms with van der Waals surface area (Å²) in [5, 5.41) is 23.9. The number of anilines is 1. The van der Waals surface area contributed by atoms with Crippen LogP contribution in [0.1, 0.15) is 49.7 Å². The number of aromatic hydroxyl groups is 1. The van der Waals surface area contributed by atoms with Crippen LogP contribution in [0.5, 0.6) is 17.5 Å². The summed E-state index contributed by atoms with van der Waals surface area (Å²) in [4.78, 5) is 10.9. The van der Waals surface area contributed by atoms with E-state index in [0.717, 1.165) is 25.0 Å². The van der Waals surface area contributed by atoms with Crippen LogP contribution >= 0.6 is 0 Å². The predicted octanol–water partition coefficient (Wildman–Crippen LogP) is 5.33. The number of hydrogen-bond donors (Lipinski definition) is 3. The van der Waals surface area contributed by atoms with Gasteiger partial charge in [-0.2, -0.15) is 9.97 Å². The van der Waals surface area contributed by atoms with Crippen molar-refractivity contribution in [3.8, 4) is 41.0 Å². The van der Waals surface area contributed by atoms with Crippen LogP contribution in [0.4, 0.5) is 19.0 Å². The number of hydrogen-bond acceptors (Lipinski definition) is 8. The zero-order valence-corrected chi connectivity index (χ0v) is 24.3. The molecule has 11 heteroatoms. The van der Waals surface area contributed by atoms with E-state index in [-0.39, 0.29) is 76.6 Å². The molecular weight excluding hydrogens is 573 g/mol. The average molecular weight is 605 g/mol. The molecule has 2 unspecified atom stereocenters. The third kappa shape index (κ3) is 4.42. The minimum Gasteiger partial charge on any atom is -0.508 e. The molecule has 1 aromatic heterocycles. The number of halogens is 3. The molecular formula is C33H31F3N4O4. The molecule has 0 amide bonds. The summed E-state index contributed by atoms with van der Waals surface area (Å²) < 4.78 is 60.3. The highest BCUT2D eigenvalue weighted by Gasteiger charge is 2.43. The van der Waals surface area contributed by atoms with Crippen LogP contribution in [0.15, 0.2) is 29.7 Å². The Bertz CT molecular complexity index is 1830. The topological polar surface area (TPSA) is 100.0 Å². The number of methoxy groups -OCH3 is 1. The maximum Gasteiger partial charge on any atom is 0.319 e. The number of allylic oxidation sites excluding steroid dienone is 2. The number of benzene rings is 2. The first-order valence-corrected chi connectivity index (χ1v) is 14.6. The third-order valence-corrected chi connectivity index (χ3v) is 9.19.